The molecule has 0 radical (unpaired) electrons. The second-order valence-electron chi connectivity index (χ2n) is 1.81. The molecule has 0 aromatic heterocycles. The molecule has 0 spiro atoms. The molecular weight excluding hydrogens is 182 g/mol. The van der Waals surface area contributed by atoms with Gasteiger partial charge in [0.2, 0.25) is 0 Å². The second-order valence-corrected chi connectivity index (χ2v) is 1.81. The molecule has 12 heavy (non-hydrogen) atoms. The predicted octanol–water partition coefficient (Wildman–Crippen LogP) is -0.680. The molecule has 0 unspecified atom stereocenters. The summed E-state index contributed by atoms with van der Waals surface area (Å²) in [5.74, 6) is -0.536. The van der Waals surface area contributed by atoms with Gasteiger partial charge in [-0.05, 0) is 0 Å². The van der Waals surface area contributed by atoms with E-state index in [2.05, 4.69) is 16.0 Å². The molecule has 0 aliphatic carbocycles. The normalized spacial score (nSPS) is 7.58. The Morgan fingerprint density at radius 1 is 1.08 bits per heavy atom. The lowest BCUT2D eigenvalue weighted by molar-refractivity contribution is -0.133. The number of nitrogens with one attached hydrogen (secondary N) is 3. The minimum absolute atomic E-state index is 0. The number of halogens is 1. The average Bonchev–Trinajstić information content (AvgIpc) is 1.99. The highest BCUT2D eigenvalue weighted by molar-refractivity contribution is 5.86. The summed E-state index contributed by atoms with van der Waals surface area (Å²) in [7, 11) is 4.84. The van der Waals surface area contributed by atoms with E-state index in [1.165, 1.54) is 0 Å². The van der Waals surface area contributed by atoms with Gasteiger partial charge >= 0.3 is 5.97 Å². The number of likely N-dealkylation sites (N-methyl/N-ethyl adjacent to an activating group) is 1. The third kappa shape index (κ3) is 3.34. The van der Waals surface area contributed by atoms with Crippen LogP contribution in [0.2, 0.25) is 0 Å². The Hall–Kier alpha value is -1.10. The van der Waals surface area contributed by atoms with Gasteiger partial charge in [-0.2, -0.15) is 0 Å². The second kappa shape index (κ2) is 6.60. The molecule has 0 aromatic rings. The first-order valence-electron chi connectivity index (χ1n) is 3.18. The van der Waals surface area contributed by atoms with Crippen LogP contribution >= 0.6 is 12.4 Å². The molecule has 0 aromatic carbocycles. The van der Waals surface area contributed by atoms with Gasteiger partial charge in [0.15, 0.2) is 5.70 Å². The molecule has 0 saturated carbocycles. The molecule has 6 heteroatoms. The number of hydrogen-bond donors (Lipinski definition) is 4. The van der Waals surface area contributed by atoms with Crippen molar-refractivity contribution >= 4 is 18.4 Å². The van der Waals surface area contributed by atoms with Crippen molar-refractivity contribution in [3.05, 3.63) is 11.5 Å². The van der Waals surface area contributed by atoms with Crippen LogP contribution in [0.25, 0.3) is 0 Å². The summed E-state index contributed by atoms with van der Waals surface area (Å²) >= 11 is 0. The van der Waals surface area contributed by atoms with Crippen molar-refractivity contribution < 1.29 is 9.90 Å². The van der Waals surface area contributed by atoms with E-state index in [1.807, 2.05) is 0 Å². The summed E-state index contributed by atoms with van der Waals surface area (Å²) in [6.07, 6.45) is 0. The van der Waals surface area contributed by atoms with Gasteiger partial charge in [0.1, 0.15) is 5.82 Å². The monoisotopic (exact) mass is 195 g/mol. The first-order valence-corrected chi connectivity index (χ1v) is 3.18. The summed E-state index contributed by atoms with van der Waals surface area (Å²) in [6, 6.07) is 0. The van der Waals surface area contributed by atoms with Gasteiger partial charge in [-0.25, -0.2) is 4.79 Å². The van der Waals surface area contributed by atoms with Crippen molar-refractivity contribution in [3.8, 4) is 0 Å². The molecule has 0 aliphatic heterocycles. The zero-order valence-corrected chi connectivity index (χ0v) is 8.08. The maximum absolute atomic E-state index is 10.5. The van der Waals surface area contributed by atoms with E-state index >= 15 is 0 Å². The minimum Gasteiger partial charge on any atom is -0.476 e. The van der Waals surface area contributed by atoms with E-state index in [-0.39, 0.29) is 18.1 Å². The lowest BCUT2D eigenvalue weighted by atomic mass is 10.4. The van der Waals surface area contributed by atoms with Gasteiger partial charge in [-0.1, -0.05) is 0 Å². The van der Waals surface area contributed by atoms with Crippen LogP contribution in [-0.2, 0) is 4.79 Å². The number of aliphatic carboxylic acids is 1. The summed E-state index contributed by atoms with van der Waals surface area (Å²) in [5, 5.41) is 16.6. The van der Waals surface area contributed by atoms with Crippen LogP contribution in [0, 0.1) is 0 Å². The third-order valence-corrected chi connectivity index (χ3v) is 1.21. The maximum atomic E-state index is 10.5. The Bertz CT molecular complexity index is 176. The Morgan fingerprint density at radius 2 is 1.50 bits per heavy atom. The predicted molar refractivity (Wildman–Crippen MR) is 49.1 cm³/mol. The van der Waals surface area contributed by atoms with E-state index in [0.29, 0.717) is 5.82 Å². The third-order valence-electron chi connectivity index (χ3n) is 1.21. The molecule has 5 nitrogen and oxygen atoms in total. The molecule has 0 heterocycles. The van der Waals surface area contributed by atoms with Crippen molar-refractivity contribution in [1.29, 1.82) is 0 Å². The van der Waals surface area contributed by atoms with Gasteiger partial charge in [0.25, 0.3) is 0 Å². The van der Waals surface area contributed by atoms with Crippen LogP contribution in [0.15, 0.2) is 11.5 Å². The molecule has 4 N–H and O–H groups in total. The van der Waals surface area contributed by atoms with Crippen LogP contribution in [0.5, 0.6) is 0 Å². The topological polar surface area (TPSA) is 73.4 Å². The Balaban J connectivity index is 0. The molecule has 0 fully saturated rings. The standard InChI is InChI=1S/C6H13N3O2.ClH/c1-7-4(6(10)11)5(8-2)9-3;/h7-9H,1-3H3,(H,10,11);1H. The molecule has 0 amide bonds. The molecule has 0 atom stereocenters. The first-order chi connectivity index (χ1) is 5.17. The SMILES string of the molecule is CNC(NC)=C(NC)C(=O)O.Cl. The summed E-state index contributed by atoms with van der Waals surface area (Å²) in [4.78, 5) is 10.5. The van der Waals surface area contributed by atoms with Gasteiger partial charge in [-0.15, -0.1) is 12.4 Å². The fraction of sp³-hybridized carbons (Fsp3) is 0.500. The highest BCUT2D eigenvalue weighted by atomic mass is 35.5. The van der Waals surface area contributed by atoms with Crippen LogP contribution in [0.1, 0.15) is 0 Å². The number of hydrogen-bond acceptors (Lipinski definition) is 4. The van der Waals surface area contributed by atoms with E-state index in [4.69, 9.17) is 5.11 Å². The zero-order chi connectivity index (χ0) is 8.85. The van der Waals surface area contributed by atoms with Crippen LogP contribution in [-0.4, -0.2) is 32.2 Å². The highest BCUT2D eigenvalue weighted by Crippen LogP contribution is 1.91. The van der Waals surface area contributed by atoms with Crippen molar-refractivity contribution in [3.63, 3.8) is 0 Å². The van der Waals surface area contributed by atoms with Crippen LogP contribution in [0.3, 0.4) is 0 Å². The number of carboxylic acid groups (broad SMARTS) is 1. The number of carboxylic acids is 1. The van der Waals surface area contributed by atoms with E-state index in [9.17, 15) is 4.79 Å². The fourth-order valence-corrected chi connectivity index (χ4v) is 0.714. The molecule has 0 rings (SSSR count). The number of rotatable bonds is 4. The van der Waals surface area contributed by atoms with E-state index in [0.717, 1.165) is 0 Å². The molecule has 72 valence electrons. The molecule has 0 bridgehead atoms. The van der Waals surface area contributed by atoms with E-state index in [1.54, 1.807) is 21.1 Å². The summed E-state index contributed by atoms with van der Waals surface area (Å²) in [5.41, 5.74) is 0.120. The van der Waals surface area contributed by atoms with Gasteiger partial charge in [0.05, 0.1) is 0 Å². The maximum Gasteiger partial charge on any atom is 0.355 e. The van der Waals surface area contributed by atoms with Crippen LogP contribution < -0.4 is 16.0 Å². The van der Waals surface area contributed by atoms with Crippen LogP contribution in [0.4, 0.5) is 0 Å². The zero-order valence-electron chi connectivity index (χ0n) is 7.26. The van der Waals surface area contributed by atoms with Gasteiger partial charge in [0, 0.05) is 21.1 Å². The highest BCUT2D eigenvalue weighted by Gasteiger charge is 2.09. The quantitative estimate of drug-likeness (QED) is 0.448. The smallest absolute Gasteiger partial charge is 0.355 e. The Labute approximate surface area is 77.6 Å². The van der Waals surface area contributed by atoms with Crippen molar-refractivity contribution in [1.82, 2.24) is 16.0 Å². The van der Waals surface area contributed by atoms with E-state index < -0.39 is 5.97 Å². The first kappa shape index (κ1) is 13.5. The number of carbonyl (C=O) groups is 1. The van der Waals surface area contributed by atoms with Gasteiger partial charge in [-0.3, -0.25) is 0 Å². The van der Waals surface area contributed by atoms with Crippen molar-refractivity contribution in [2.24, 2.45) is 0 Å². The average molecular weight is 196 g/mol. The Kier molecular flexibility index (Phi) is 7.42. The van der Waals surface area contributed by atoms with Crippen molar-refractivity contribution in [2.75, 3.05) is 21.1 Å². The fourth-order valence-electron chi connectivity index (χ4n) is 0.714. The molecule has 0 saturated heterocycles. The Morgan fingerprint density at radius 3 is 1.58 bits per heavy atom. The van der Waals surface area contributed by atoms with Crippen molar-refractivity contribution in [2.45, 2.75) is 0 Å². The summed E-state index contributed by atoms with van der Waals surface area (Å²) in [6.45, 7) is 0. The minimum atomic E-state index is -0.994. The largest absolute Gasteiger partial charge is 0.476 e. The lowest BCUT2D eigenvalue weighted by Crippen LogP contribution is -2.30. The summed E-state index contributed by atoms with van der Waals surface area (Å²) < 4.78 is 0. The molecular formula is C6H14ClN3O2. The van der Waals surface area contributed by atoms with Gasteiger partial charge < -0.3 is 21.1 Å². The lowest BCUT2D eigenvalue weighted by Gasteiger charge is -2.09. The molecule has 0 aliphatic rings.